The molecule has 3 rings (SSSR count). The molecular formula is C20H16N2O5. The van der Waals surface area contributed by atoms with E-state index in [1.165, 1.54) is 24.3 Å². The molecule has 1 heterocycles. The van der Waals surface area contributed by atoms with Crippen LogP contribution in [0.4, 0.5) is 5.69 Å². The van der Waals surface area contributed by atoms with Crippen molar-refractivity contribution in [2.24, 2.45) is 0 Å². The van der Waals surface area contributed by atoms with Gasteiger partial charge in [-0.2, -0.15) is 0 Å². The molecule has 0 bridgehead atoms. The second kappa shape index (κ2) is 8.09. The molecule has 0 atom stereocenters. The number of imide groups is 1. The van der Waals surface area contributed by atoms with Gasteiger partial charge >= 0.3 is 5.97 Å². The summed E-state index contributed by atoms with van der Waals surface area (Å²) in [5.74, 6) is -2.12. The van der Waals surface area contributed by atoms with Gasteiger partial charge in [-0.3, -0.25) is 14.4 Å². The highest BCUT2D eigenvalue weighted by molar-refractivity contribution is 6.28. The Morgan fingerprint density at radius 1 is 0.926 bits per heavy atom. The van der Waals surface area contributed by atoms with E-state index >= 15 is 0 Å². The van der Waals surface area contributed by atoms with E-state index in [9.17, 15) is 19.2 Å². The van der Waals surface area contributed by atoms with Gasteiger partial charge in [0.05, 0.1) is 11.3 Å². The number of carbonyl (C=O) groups excluding carboxylic acids is 4. The molecule has 1 N–H and O–H groups in total. The van der Waals surface area contributed by atoms with Crippen LogP contribution in [0.3, 0.4) is 0 Å². The molecule has 0 aromatic heterocycles. The Bertz CT molecular complexity index is 903. The topological polar surface area (TPSA) is 92.8 Å². The number of hydrogen-bond acceptors (Lipinski definition) is 5. The first-order valence-electron chi connectivity index (χ1n) is 8.18. The Hall–Kier alpha value is -3.74. The first-order valence-corrected chi connectivity index (χ1v) is 8.18. The molecule has 27 heavy (non-hydrogen) atoms. The molecule has 2 aromatic carbocycles. The summed E-state index contributed by atoms with van der Waals surface area (Å²) in [6.45, 7) is -0.0993. The lowest BCUT2D eigenvalue weighted by atomic mass is 10.2. The monoisotopic (exact) mass is 364 g/mol. The van der Waals surface area contributed by atoms with Crippen LogP contribution in [0.25, 0.3) is 0 Å². The average Bonchev–Trinajstić information content (AvgIpc) is 3.03. The highest BCUT2D eigenvalue weighted by Gasteiger charge is 2.25. The van der Waals surface area contributed by atoms with Crippen molar-refractivity contribution in [2.75, 3.05) is 11.5 Å². The van der Waals surface area contributed by atoms with Crippen molar-refractivity contribution in [3.8, 4) is 0 Å². The number of amides is 3. The van der Waals surface area contributed by atoms with Crippen molar-refractivity contribution in [1.29, 1.82) is 0 Å². The van der Waals surface area contributed by atoms with Gasteiger partial charge in [-0.05, 0) is 23.8 Å². The smallest absolute Gasteiger partial charge is 0.338 e. The molecular weight excluding hydrogens is 348 g/mol. The first kappa shape index (κ1) is 18.1. The predicted molar refractivity (Wildman–Crippen MR) is 96.6 cm³/mol. The Morgan fingerprint density at radius 3 is 2.33 bits per heavy atom. The summed E-state index contributed by atoms with van der Waals surface area (Å²) >= 11 is 0. The summed E-state index contributed by atoms with van der Waals surface area (Å²) in [5, 5.41) is 2.65. The van der Waals surface area contributed by atoms with Crippen molar-refractivity contribution in [2.45, 2.75) is 6.54 Å². The number of ether oxygens (including phenoxy) is 1. The molecule has 0 radical (unpaired) electrons. The summed E-state index contributed by atoms with van der Waals surface area (Å²) in [6, 6.07) is 15.2. The lowest BCUT2D eigenvalue weighted by Gasteiger charge is -2.14. The van der Waals surface area contributed by atoms with Crippen molar-refractivity contribution in [3.63, 3.8) is 0 Å². The van der Waals surface area contributed by atoms with E-state index < -0.39 is 30.3 Å². The molecule has 1 aliphatic heterocycles. The summed E-state index contributed by atoms with van der Waals surface area (Å²) in [4.78, 5) is 48.4. The van der Waals surface area contributed by atoms with Crippen LogP contribution < -0.4 is 10.2 Å². The average molecular weight is 364 g/mol. The summed E-state index contributed by atoms with van der Waals surface area (Å²) in [6.07, 6.45) is 2.31. The van der Waals surface area contributed by atoms with E-state index in [4.69, 9.17) is 4.74 Å². The maximum Gasteiger partial charge on any atom is 0.338 e. The van der Waals surface area contributed by atoms with Crippen molar-refractivity contribution >= 4 is 29.4 Å². The fourth-order valence-corrected chi connectivity index (χ4v) is 2.49. The lowest BCUT2D eigenvalue weighted by Crippen LogP contribution is -2.30. The number of hydrogen-bond donors (Lipinski definition) is 1. The second-order valence-electron chi connectivity index (χ2n) is 5.73. The van der Waals surface area contributed by atoms with E-state index in [1.54, 1.807) is 0 Å². The van der Waals surface area contributed by atoms with Gasteiger partial charge in [-0.25, -0.2) is 9.69 Å². The van der Waals surface area contributed by atoms with Gasteiger partial charge in [-0.1, -0.05) is 36.4 Å². The first-order chi connectivity index (χ1) is 13.0. The minimum atomic E-state index is -0.723. The third-order valence-electron chi connectivity index (χ3n) is 3.82. The summed E-state index contributed by atoms with van der Waals surface area (Å²) < 4.78 is 4.99. The summed E-state index contributed by atoms with van der Waals surface area (Å²) in [7, 11) is 0. The minimum Gasteiger partial charge on any atom is -0.452 e. The maximum absolute atomic E-state index is 12.1. The van der Waals surface area contributed by atoms with E-state index in [1.807, 2.05) is 30.3 Å². The second-order valence-corrected chi connectivity index (χ2v) is 5.73. The Kier molecular flexibility index (Phi) is 5.41. The van der Waals surface area contributed by atoms with Crippen molar-refractivity contribution < 1.29 is 23.9 Å². The van der Waals surface area contributed by atoms with Crippen LogP contribution in [0.5, 0.6) is 0 Å². The SMILES string of the molecule is O=C(COC(=O)c1cccc(N2C(=O)C=CC2=O)c1)NCc1ccccc1. The molecule has 136 valence electrons. The Morgan fingerprint density at radius 2 is 1.63 bits per heavy atom. The molecule has 0 spiro atoms. The van der Waals surface area contributed by atoms with Gasteiger partial charge in [-0.15, -0.1) is 0 Å². The minimum absolute atomic E-state index is 0.135. The summed E-state index contributed by atoms with van der Waals surface area (Å²) in [5.41, 5.74) is 1.33. The number of nitrogens with zero attached hydrogens (tertiary/aromatic N) is 1. The third kappa shape index (κ3) is 4.46. The van der Waals surface area contributed by atoms with E-state index in [2.05, 4.69) is 5.32 Å². The van der Waals surface area contributed by atoms with Crippen LogP contribution in [0.1, 0.15) is 15.9 Å². The van der Waals surface area contributed by atoms with Gasteiger partial charge in [0.2, 0.25) is 0 Å². The normalized spacial score (nSPS) is 13.0. The standard InChI is InChI=1S/C20H16N2O5/c23-17(21-12-14-5-2-1-3-6-14)13-27-20(26)15-7-4-8-16(11-15)22-18(24)9-10-19(22)25/h1-11H,12-13H2,(H,21,23). The number of rotatable bonds is 6. The number of carbonyl (C=O) groups is 4. The molecule has 7 nitrogen and oxygen atoms in total. The Labute approximate surface area is 155 Å². The molecule has 7 heteroatoms. The zero-order valence-corrected chi connectivity index (χ0v) is 14.3. The molecule has 0 saturated heterocycles. The molecule has 1 aliphatic rings. The van der Waals surface area contributed by atoms with E-state index in [0.717, 1.165) is 22.6 Å². The van der Waals surface area contributed by atoms with Gasteiger partial charge in [0.1, 0.15) is 0 Å². The highest BCUT2D eigenvalue weighted by Crippen LogP contribution is 2.20. The quantitative estimate of drug-likeness (QED) is 0.621. The van der Waals surface area contributed by atoms with Crippen molar-refractivity contribution in [1.82, 2.24) is 5.32 Å². The van der Waals surface area contributed by atoms with Gasteiger partial charge < -0.3 is 10.1 Å². The number of esters is 1. The molecule has 3 amide bonds. The zero-order chi connectivity index (χ0) is 19.2. The van der Waals surface area contributed by atoms with Crippen LogP contribution in [0, 0.1) is 0 Å². The number of anilines is 1. The van der Waals surface area contributed by atoms with Crippen LogP contribution in [-0.2, 0) is 25.7 Å². The highest BCUT2D eigenvalue weighted by atomic mass is 16.5. The molecule has 0 fully saturated rings. The Balaban J connectivity index is 1.55. The van der Waals surface area contributed by atoms with E-state index in [-0.39, 0.29) is 11.3 Å². The largest absolute Gasteiger partial charge is 0.452 e. The van der Waals surface area contributed by atoms with Gasteiger partial charge in [0, 0.05) is 18.7 Å². The molecule has 0 aliphatic carbocycles. The maximum atomic E-state index is 12.1. The molecule has 0 saturated carbocycles. The van der Waals surface area contributed by atoms with Crippen LogP contribution in [0.15, 0.2) is 66.7 Å². The van der Waals surface area contributed by atoms with Crippen LogP contribution in [-0.4, -0.2) is 30.3 Å². The molecule has 0 unspecified atom stereocenters. The van der Waals surface area contributed by atoms with Gasteiger partial charge in [0.15, 0.2) is 6.61 Å². The predicted octanol–water partition coefficient (Wildman–Crippen LogP) is 1.59. The van der Waals surface area contributed by atoms with Crippen molar-refractivity contribution in [3.05, 3.63) is 77.9 Å². The lowest BCUT2D eigenvalue weighted by molar-refractivity contribution is -0.124. The third-order valence-corrected chi connectivity index (χ3v) is 3.82. The fraction of sp³-hybridized carbons (Fsp3) is 0.100. The number of nitrogens with one attached hydrogen (secondary N) is 1. The zero-order valence-electron chi connectivity index (χ0n) is 14.3. The van der Waals surface area contributed by atoms with Gasteiger partial charge in [0.25, 0.3) is 17.7 Å². The fourth-order valence-electron chi connectivity index (χ4n) is 2.49. The van der Waals surface area contributed by atoms with Crippen LogP contribution >= 0.6 is 0 Å². The number of benzene rings is 2. The van der Waals surface area contributed by atoms with Crippen LogP contribution in [0.2, 0.25) is 0 Å². The van der Waals surface area contributed by atoms with E-state index in [0.29, 0.717) is 6.54 Å². The molecule has 2 aromatic rings.